The number of nitrogens with zero attached hydrogens (tertiary/aromatic N) is 5. The molecule has 0 atom stereocenters. The molecule has 0 radical (unpaired) electrons. The highest BCUT2D eigenvalue weighted by molar-refractivity contribution is 5.80. The first-order chi connectivity index (χ1) is 17.6. The second-order valence-electron chi connectivity index (χ2n) is 7.75. The van der Waals surface area contributed by atoms with Crippen LogP contribution in [-0.4, -0.2) is 30.2 Å². The van der Waals surface area contributed by atoms with Gasteiger partial charge in [-0.1, -0.05) is 6.07 Å². The third-order valence-corrected chi connectivity index (χ3v) is 5.37. The molecular weight excluding hydrogens is 506 g/mol. The number of H-pyrrole nitrogens is 1. The lowest BCUT2D eigenvalue weighted by Crippen LogP contribution is -2.14. The van der Waals surface area contributed by atoms with E-state index in [2.05, 4.69) is 25.6 Å². The number of aromatic nitrogens is 6. The summed E-state index contributed by atoms with van der Waals surface area (Å²) in [6, 6.07) is 7.80. The number of hydrogen-bond acceptors (Lipinski definition) is 6. The fraction of sp³-hybridized carbons (Fsp3) is 0.0870. The Morgan fingerprint density at radius 1 is 0.973 bits per heavy atom. The molecule has 37 heavy (non-hydrogen) atoms. The smallest absolute Gasteiger partial charge is 0.419 e. The van der Waals surface area contributed by atoms with Crippen LogP contribution in [0.1, 0.15) is 11.1 Å². The summed E-state index contributed by atoms with van der Waals surface area (Å²) in [5.41, 5.74) is -1.97. The number of benzene rings is 3. The molecule has 0 fully saturated rings. The monoisotopic (exact) mass is 518 g/mol. The maximum absolute atomic E-state index is 14.1. The lowest BCUT2D eigenvalue weighted by atomic mass is 10.1. The number of tetrazole rings is 1. The highest BCUT2D eigenvalue weighted by Gasteiger charge is 2.35. The molecule has 0 saturated carbocycles. The predicted molar refractivity (Wildman–Crippen MR) is 116 cm³/mol. The first kappa shape index (κ1) is 24.0. The fourth-order valence-electron chi connectivity index (χ4n) is 3.66. The van der Waals surface area contributed by atoms with E-state index in [4.69, 9.17) is 4.74 Å². The minimum atomic E-state index is -4.76. The Bertz CT molecular complexity index is 1660. The van der Waals surface area contributed by atoms with E-state index in [1.54, 1.807) is 0 Å². The van der Waals surface area contributed by atoms with Crippen molar-refractivity contribution >= 4 is 10.9 Å². The molecule has 14 heteroatoms. The summed E-state index contributed by atoms with van der Waals surface area (Å²) in [6.07, 6.45) is -3.72. The molecule has 0 unspecified atom stereocenters. The number of nitrogens with one attached hydrogen (secondary N) is 1. The van der Waals surface area contributed by atoms with E-state index in [0.29, 0.717) is 12.1 Å². The van der Waals surface area contributed by atoms with E-state index in [-0.39, 0.29) is 28.0 Å². The van der Waals surface area contributed by atoms with Crippen LogP contribution < -0.4 is 10.3 Å². The highest BCUT2D eigenvalue weighted by atomic mass is 19.4. The van der Waals surface area contributed by atoms with Crippen molar-refractivity contribution in [3.63, 3.8) is 0 Å². The highest BCUT2D eigenvalue weighted by Crippen LogP contribution is 2.40. The van der Waals surface area contributed by atoms with Crippen molar-refractivity contribution in [2.24, 2.45) is 0 Å². The van der Waals surface area contributed by atoms with Crippen LogP contribution in [0, 0.1) is 17.5 Å². The van der Waals surface area contributed by atoms with Crippen LogP contribution in [0.15, 0.2) is 59.7 Å². The zero-order valence-corrected chi connectivity index (χ0v) is 18.2. The van der Waals surface area contributed by atoms with Gasteiger partial charge in [-0.2, -0.15) is 23.4 Å². The number of fused-ring (bicyclic) bond motifs is 1. The maximum Gasteiger partial charge on any atom is 0.419 e. The summed E-state index contributed by atoms with van der Waals surface area (Å²) < 4.78 is 89.1. The Hall–Kier alpha value is -4.75. The topological polar surface area (TPSA) is 98.6 Å². The molecule has 3 aromatic carbocycles. The minimum Gasteiger partial charge on any atom is -0.457 e. The standard InChI is InChI=1S/C23H12F6N6O2/c24-12-6-17(25)15(18(26)7-12)9-35-10-30-22(36)14-8-13(2-4-19(14)35)37-20-5-11(21-31-33-34-32-21)1-3-16(20)23(27,28)29/h1-8,10H,9H2,(H,31,32,33,34). The van der Waals surface area contributed by atoms with Crippen LogP contribution in [0.5, 0.6) is 11.5 Å². The van der Waals surface area contributed by atoms with Gasteiger partial charge in [-0.3, -0.25) is 4.79 Å². The summed E-state index contributed by atoms with van der Waals surface area (Å²) in [4.78, 5) is 16.1. The second kappa shape index (κ2) is 9.04. The third kappa shape index (κ3) is 4.72. The zero-order valence-electron chi connectivity index (χ0n) is 18.2. The van der Waals surface area contributed by atoms with Gasteiger partial charge in [0.25, 0.3) is 5.56 Å². The van der Waals surface area contributed by atoms with Crippen LogP contribution in [0.3, 0.4) is 0 Å². The van der Waals surface area contributed by atoms with Gasteiger partial charge in [-0.25, -0.2) is 13.2 Å². The molecule has 0 bridgehead atoms. The lowest BCUT2D eigenvalue weighted by molar-refractivity contribution is -0.138. The lowest BCUT2D eigenvalue weighted by Gasteiger charge is -2.16. The van der Waals surface area contributed by atoms with Crippen LogP contribution >= 0.6 is 0 Å². The molecule has 0 aliphatic carbocycles. The second-order valence-corrected chi connectivity index (χ2v) is 7.75. The van der Waals surface area contributed by atoms with Crippen LogP contribution in [0.2, 0.25) is 0 Å². The van der Waals surface area contributed by atoms with Crippen molar-refractivity contribution in [2.45, 2.75) is 12.7 Å². The normalized spacial score (nSPS) is 11.7. The van der Waals surface area contributed by atoms with Crippen LogP contribution in [0.25, 0.3) is 22.3 Å². The third-order valence-electron chi connectivity index (χ3n) is 5.37. The van der Waals surface area contributed by atoms with E-state index in [1.807, 2.05) is 0 Å². The molecule has 5 rings (SSSR count). The average molecular weight is 518 g/mol. The zero-order chi connectivity index (χ0) is 26.3. The van der Waals surface area contributed by atoms with E-state index >= 15 is 0 Å². The van der Waals surface area contributed by atoms with Crippen molar-refractivity contribution in [3.8, 4) is 22.9 Å². The Morgan fingerprint density at radius 2 is 1.73 bits per heavy atom. The number of hydrogen-bond donors (Lipinski definition) is 1. The predicted octanol–water partition coefficient (Wildman–Crippen LogP) is 4.85. The van der Waals surface area contributed by atoms with E-state index in [1.165, 1.54) is 16.7 Å². The van der Waals surface area contributed by atoms with Gasteiger partial charge in [-0.05, 0) is 35.5 Å². The van der Waals surface area contributed by atoms with E-state index < -0.39 is 52.6 Å². The molecular formula is C23H12F6N6O2. The van der Waals surface area contributed by atoms with Crippen molar-refractivity contribution in [1.82, 2.24) is 30.2 Å². The van der Waals surface area contributed by atoms with Gasteiger partial charge in [0.05, 0.1) is 29.3 Å². The summed E-state index contributed by atoms with van der Waals surface area (Å²) in [6.45, 7) is -0.438. The number of rotatable bonds is 5. The number of halogens is 6. The first-order valence-corrected chi connectivity index (χ1v) is 10.4. The fourth-order valence-corrected chi connectivity index (χ4v) is 3.66. The molecule has 0 saturated heterocycles. The molecule has 0 amide bonds. The van der Waals surface area contributed by atoms with Gasteiger partial charge in [0, 0.05) is 23.3 Å². The van der Waals surface area contributed by atoms with Crippen molar-refractivity contribution in [2.75, 3.05) is 0 Å². The number of ether oxygens (including phenoxy) is 1. The summed E-state index contributed by atoms with van der Waals surface area (Å²) >= 11 is 0. The van der Waals surface area contributed by atoms with Crippen LogP contribution in [-0.2, 0) is 12.7 Å². The Morgan fingerprint density at radius 3 is 2.41 bits per heavy atom. The van der Waals surface area contributed by atoms with Crippen LogP contribution in [0.4, 0.5) is 26.3 Å². The number of aromatic amines is 1. The molecule has 2 heterocycles. The number of alkyl halides is 3. The molecule has 1 N–H and O–H groups in total. The molecule has 0 aliphatic rings. The van der Waals surface area contributed by atoms with Gasteiger partial charge in [0.2, 0.25) is 5.82 Å². The van der Waals surface area contributed by atoms with Gasteiger partial charge in [0.1, 0.15) is 29.0 Å². The SMILES string of the molecule is O=c1ncn(Cc2c(F)cc(F)cc2F)c2ccc(Oc3cc(-c4nn[nH]n4)ccc3C(F)(F)F)cc12. The summed E-state index contributed by atoms with van der Waals surface area (Å²) in [7, 11) is 0. The minimum absolute atomic E-state index is 0.0319. The average Bonchev–Trinajstić information content (AvgIpc) is 3.37. The summed E-state index contributed by atoms with van der Waals surface area (Å²) in [5.74, 6) is -4.06. The van der Waals surface area contributed by atoms with Gasteiger partial charge < -0.3 is 9.30 Å². The Kier molecular flexibility index (Phi) is 5.85. The molecule has 5 aromatic rings. The molecule has 188 valence electrons. The Labute approximate surface area is 202 Å². The van der Waals surface area contributed by atoms with Crippen molar-refractivity contribution < 1.29 is 31.1 Å². The Balaban J connectivity index is 1.55. The largest absolute Gasteiger partial charge is 0.457 e. The van der Waals surface area contributed by atoms with Crippen molar-refractivity contribution in [1.29, 1.82) is 0 Å². The van der Waals surface area contributed by atoms with Gasteiger partial charge in [-0.15, -0.1) is 10.2 Å². The summed E-state index contributed by atoms with van der Waals surface area (Å²) in [5, 5.41) is 12.9. The quantitative estimate of drug-likeness (QED) is 0.334. The molecule has 8 nitrogen and oxygen atoms in total. The van der Waals surface area contributed by atoms with Gasteiger partial charge in [0.15, 0.2) is 0 Å². The van der Waals surface area contributed by atoms with E-state index in [0.717, 1.165) is 30.6 Å². The maximum atomic E-state index is 14.1. The first-order valence-electron chi connectivity index (χ1n) is 10.4. The van der Waals surface area contributed by atoms with Crippen molar-refractivity contribution in [3.05, 3.63) is 93.8 Å². The molecule has 0 spiro atoms. The van der Waals surface area contributed by atoms with E-state index in [9.17, 15) is 31.1 Å². The molecule has 2 aromatic heterocycles. The molecule has 0 aliphatic heterocycles. The van der Waals surface area contributed by atoms with Gasteiger partial charge >= 0.3 is 6.18 Å².